The Kier molecular flexibility index (Phi) is 4.15. The van der Waals surface area contributed by atoms with Crippen molar-refractivity contribution in [3.8, 4) is 0 Å². The van der Waals surface area contributed by atoms with E-state index >= 15 is 0 Å². The molecule has 0 aliphatic heterocycles. The lowest BCUT2D eigenvalue weighted by atomic mass is 10.1. The molecule has 0 saturated heterocycles. The third-order valence-electron chi connectivity index (χ3n) is 2.76. The van der Waals surface area contributed by atoms with E-state index in [1.165, 1.54) is 5.56 Å². The van der Waals surface area contributed by atoms with Gasteiger partial charge in [-0.25, -0.2) is 0 Å². The van der Waals surface area contributed by atoms with Crippen molar-refractivity contribution in [2.75, 3.05) is 11.1 Å². The van der Waals surface area contributed by atoms with Gasteiger partial charge in [-0.2, -0.15) is 0 Å². The second-order valence-corrected chi connectivity index (χ2v) is 5.50. The molecule has 0 spiro atoms. The molecule has 3 N–H and O–H groups in total. The smallest absolute Gasteiger partial charge is 0.0579 e. The number of nitrogen functional groups attached to an aromatic ring is 1. The highest BCUT2D eigenvalue weighted by Gasteiger charge is 2.07. The number of benzene rings is 2. The molecule has 1 atom stereocenters. The topological polar surface area (TPSA) is 38.0 Å². The predicted molar refractivity (Wildman–Crippen MR) is 82.0 cm³/mol. The van der Waals surface area contributed by atoms with Gasteiger partial charge in [0.25, 0.3) is 0 Å². The highest BCUT2D eigenvalue weighted by molar-refractivity contribution is 9.10. The van der Waals surface area contributed by atoms with Crippen LogP contribution in [0.25, 0.3) is 0 Å². The van der Waals surface area contributed by atoms with Gasteiger partial charge in [-0.3, -0.25) is 0 Å². The van der Waals surface area contributed by atoms with Gasteiger partial charge in [0.05, 0.1) is 11.4 Å². The van der Waals surface area contributed by atoms with E-state index in [1.807, 2.05) is 24.3 Å². The molecular formula is C14H14BrClN2. The first-order valence-electron chi connectivity index (χ1n) is 5.63. The van der Waals surface area contributed by atoms with Gasteiger partial charge in [0.2, 0.25) is 0 Å². The van der Waals surface area contributed by atoms with E-state index in [2.05, 4.69) is 40.3 Å². The molecule has 4 heteroatoms. The lowest BCUT2D eigenvalue weighted by Gasteiger charge is -2.17. The molecule has 94 valence electrons. The SMILES string of the molecule is CC(Nc1ccc(Cl)cc1N)c1ccc(Br)cc1. The monoisotopic (exact) mass is 324 g/mol. The van der Waals surface area contributed by atoms with Crippen molar-refractivity contribution in [1.82, 2.24) is 0 Å². The Morgan fingerprint density at radius 3 is 2.44 bits per heavy atom. The molecule has 2 rings (SSSR count). The van der Waals surface area contributed by atoms with Crippen LogP contribution in [0.15, 0.2) is 46.9 Å². The minimum Gasteiger partial charge on any atom is -0.397 e. The van der Waals surface area contributed by atoms with Crippen LogP contribution in [0, 0.1) is 0 Å². The van der Waals surface area contributed by atoms with Gasteiger partial charge in [0.15, 0.2) is 0 Å². The molecule has 0 fully saturated rings. The summed E-state index contributed by atoms with van der Waals surface area (Å²) in [5.74, 6) is 0. The molecule has 0 aromatic heterocycles. The molecule has 0 aliphatic carbocycles. The van der Waals surface area contributed by atoms with Crippen LogP contribution in [0.2, 0.25) is 5.02 Å². The van der Waals surface area contributed by atoms with Crippen LogP contribution in [0.1, 0.15) is 18.5 Å². The fourth-order valence-corrected chi connectivity index (χ4v) is 2.18. The summed E-state index contributed by atoms with van der Waals surface area (Å²) in [7, 11) is 0. The van der Waals surface area contributed by atoms with Gasteiger partial charge in [-0.1, -0.05) is 39.7 Å². The summed E-state index contributed by atoms with van der Waals surface area (Å²) >= 11 is 9.30. The first-order chi connectivity index (χ1) is 8.56. The Morgan fingerprint density at radius 2 is 1.83 bits per heavy atom. The summed E-state index contributed by atoms with van der Waals surface area (Å²) in [6, 6.07) is 13.9. The quantitative estimate of drug-likeness (QED) is 0.791. The molecule has 0 aliphatic rings. The molecule has 1 unspecified atom stereocenters. The highest BCUT2D eigenvalue weighted by Crippen LogP contribution is 2.27. The molecular weight excluding hydrogens is 312 g/mol. The Hall–Kier alpha value is -1.19. The van der Waals surface area contributed by atoms with Crippen molar-refractivity contribution in [2.24, 2.45) is 0 Å². The normalized spacial score (nSPS) is 12.2. The maximum Gasteiger partial charge on any atom is 0.0579 e. The fourth-order valence-electron chi connectivity index (χ4n) is 1.73. The van der Waals surface area contributed by atoms with E-state index in [4.69, 9.17) is 17.3 Å². The van der Waals surface area contributed by atoms with Crippen LogP contribution in [0.4, 0.5) is 11.4 Å². The molecule has 2 aromatic rings. The van der Waals surface area contributed by atoms with Crippen LogP contribution >= 0.6 is 27.5 Å². The summed E-state index contributed by atoms with van der Waals surface area (Å²) in [6.07, 6.45) is 0. The summed E-state index contributed by atoms with van der Waals surface area (Å²) in [5.41, 5.74) is 8.68. The van der Waals surface area contributed by atoms with Crippen molar-refractivity contribution in [3.05, 3.63) is 57.5 Å². The minimum atomic E-state index is 0.182. The number of anilines is 2. The lowest BCUT2D eigenvalue weighted by Crippen LogP contribution is -2.08. The lowest BCUT2D eigenvalue weighted by molar-refractivity contribution is 0.885. The maximum atomic E-state index is 5.92. The van der Waals surface area contributed by atoms with Gasteiger partial charge in [0.1, 0.15) is 0 Å². The van der Waals surface area contributed by atoms with Crippen LogP contribution < -0.4 is 11.1 Å². The molecule has 0 bridgehead atoms. The van der Waals surface area contributed by atoms with Crippen molar-refractivity contribution >= 4 is 38.9 Å². The zero-order chi connectivity index (χ0) is 13.1. The van der Waals surface area contributed by atoms with Gasteiger partial charge >= 0.3 is 0 Å². The van der Waals surface area contributed by atoms with Crippen LogP contribution in [0.3, 0.4) is 0 Å². The Bertz CT molecular complexity index is 540. The average Bonchev–Trinajstić information content (AvgIpc) is 2.33. The van der Waals surface area contributed by atoms with Gasteiger partial charge in [-0.15, -0.1) is 0 Å². The summed E-state index contributed by atoms with van der Waals surface area (Å²) in [5, 5.41) is 4.02. The van der Waals surface area contributed by atoms with Gasteiger partial charge in [-0.05, 0) is 42.8 Å². The number of hydrogen-bond donors (Lipinski definition) is 2. The van der Waals surface area contributed by atoms with E-state index in [-0.39, 0.29) is 6.04 Å². The standard InChI is InChI=1S/C14H14BrClN2/c1-9(10-2-4-11(15)5-3-10)18-14-7-6-12(16)8-13(14)17/h2-9,18H,17H2,1H3. The molecule has 0 amide bonds. The van der Waals surface area contributed by atoms with E-state index in [0.29, 0.717) is 10.7 Å². The molecule has 2 nitrogen and oxygen atoms in total. The van der Waals surface area contributed by atoms with E-state index < -0.39 is 0 Å². The first-order valence-corrected chi connectivity index (χ1v) is 6.80. The Morgan fingerprint density at radius 1 is 1.17 bits per heavy atom. The highest BCUT2D eigenvalue weighted by atomic mass is 79.9. The van der Waals surface area contributed by atoms with Gasteiger partial charge in [0, 0.05) is 15.5 Å². The third kappa shape index (κ3) is 3.18. The van der Waals surface area contributed by atoms with Crippen LogP contribution in [-0.4, -0.2) is 0 Å². The van der Waals surface area contributed by atoms with Crippen molar-refractivity contribution in [1.29, 1.82) is 0 Å². The molecule has 2 aromatic carbocycles. The summed E-state index contributed by atoms with van der Waals surface area (Å²) in [6.45, 7) is 2.09. The second-order valence-electron chi connectivity index (χ2n) is 4.15. The number of nitrogens with one attached hydrogen (secondary N) is 1. The maximum absolute atomic E-state index is 5.92. The van der Waals surface area contributed by atoms with Crippen molar-refractivity contribution < 1.29 is 0 Å². The van der Waals surface area contributed by atoms with Crippen molar-refractivity contribution in [2.45, 2.75) is 13.0 Å². The number of hydrogen-bond acceptors (Lipinski definition) is 2. The van der Waals surface area contributed by atoms with E-state index in [0.717, 1.165) is 10.2 Å². The largest absolute Gasteiger partial charge is 0.397 e. The number of nitrogens with two attached hydrogens (primary N) is 1. The number of rotatable bonds is 3. The Labute approximate surface area is 120 Å². The van der Waals surface area contributed by atoms with Crippen molar-refractivity contribution in [3.63, 3.8) is 0 Å². The van der Waals surface area contributed by atoms with Crippen LogP contribution in [0.5, 0.6) is 0 Å². The minimum absolute atomic E-state index is 0.182. The fraction of sp³-hybridized carbons (Fsp3) is 0.143. The molecule has 0 heterocycles. The summed E-state index contributed by atoms with van der Waals surface area (Å²) < 4.78 is 1.07. The first kappa shape index (κ1) is 13.2. The third-order valence-corrected chi connectivity index (χ3v) is 3.52. The van der Waals surface area contributed by atoms with Crippen LogP contribution in [-0.2, 0) is 0 Å². The van der Waals surface area contributed by atoms with E-state index in [1.54, 1.807) is 6.07 Å². The molecule has 18 heavy (non-hydrogen) atoms. The number of halogens is 2. The summed E-state index contributed by atoms with van der Waals surface area (Å²) in [4.78, 5) is 0. The molecule has 0 saturated carbocycles. The Balaban J connectivity index is 2.15. The molecule has 0 radical (unpaired) electrons. The second kappa shape index (κ2) is 5.63. The van der Waals surface area contributed by atoms with Gasteiger partial charge < -0.3 is 11.1 Å². The van der Waals surface area contributed by atoms with E-state index in [9.17, 15) is 0 Å². The zero-order valence-electron chi connectivity index (χ0n) is 9.95. The zero-order valence-corrected chi connectivity index (χ0v) is 12.3. The average molecular weight is 326 g/mol. The predicted octanol–water partition coefficient (Wildman–Crippen LogP) is 4.86.